The Labute approximate surface area is 194 Å². The fourth-order valence-electron chi connectivity index (χ4n) is 3.76. The minimum Gasteiger partial charge on any atom is -0.366 e. The summed E-state index contributed by atoms with van der Waals surface area (Å²) in [7, 11) is 2.18. The van der Waals surface area contributed by atoms with Crippen LogP contribution < -0.4 is 0 Å². The molecule has 0 amide bonds. The minimum atomic E-state index is -0.435. The lowest BCUT2D eigenvalue weighted by atomic mass is 9.83. The number of ether oxygens (including phenoxy) is 1. The lowest BCUT2D eigenvalue weighted by Gasteiger charge is -2.36. The highest BCUT2D eigenvalue weighted by Gasteiger charge is 2.35. The summed E-state index contributed by atoms with van der Waals surface area (Å²) in [5.74, 6) is 0. The first-order valence-electron chi connectivity index (χ1n) is 10.9. The van der Waals surface area contributed by atoms with Crippen molar-refractivity contribution in [2.75, 3.05) is 26.7 Å². The number of hydrogen-bond donors (Lipinski definition) is 0. The van der Waals surface area contributed by atoms with Gasteiger partial charge in [-0.25, -0.2) is 0 Å². The van der Waals surface area contributed by atoms with E-state index in [0.717, 1.165) is 32.5 Å². The predicted octanol–water partition coefficient (Wildman–Crippen LogP) is 6.81. The van der Waals surface area contributed by atoms with Gasteiger partial charge in [0, 0.05) is 19.7 Å². The third-order valence-corrected chi connectivity index (χ3v) is 5.41. The van der Waals surface area contributed by atoms with Crippen LogP contribution in [0.3, 0.4) is 0 Å². The molecule has 164 valence electrons. The van der Waals surface area contributed by atoms with Gasteiger partial charge in [-0.3, -0.25) is 0 Å². The second kappa shape index (κ2) is 13.1. The van der Waals surface area contributed by atoms with E-state index in [1.54, 1.807) is 0 Å². The van der Waals surface area contributed by atoms with Crippen molar-refractivity contribution in [3.8, 4) is 0 Å². The Kier molecular flexibility index (Phi) is 10.5. The zero-order valence-electron chi connectivity index (χ0n) is 18.6. The summed E-state index contributed by atoms with van der Waals surface area (Å²) in [6.45, 7) is 4.75. The Morgan fingerprint density at radius 1 is 0.806 bits per heavy atom. The predicted molar refractivity (Wildman–Crippen MR) is 135 cm³/mol. The van der Waals surface area contributed by atoms with Crippen LogP contribution in [-0.2, 0) is 10.3 Å². The molecule has 0 aliphatic heterocycles. The number of benzene rings is 3. The number of halogens is 1. The standard InChI is InChI=1S/C28H33NO.ClH/c1-3-24-30-28(26-17-9-5-10-18-26,27-19-11-6-12-20-27)21-23-29(2)22-13-16-25-14-7-4-8-15-25;/h4-20H,3,21-24H2,1-2H3;1H. The van der Waals surface area contributed by atoms with Crippen molar-refractivity contribution >= 4 is 18.5 Å². The fourth-order valence-corrected chi connectivity index (χ4v) is 3.76. The van der Waals surface area contributed by atoms with Crippen LogP contribution in [0.4, 0.5) is 0 Å². The molecule has 0 heterocycles. The molecule has 0 aliphatic rings. The highest BCUT2D eigenvalue weighted by atomic mass is 35.5. The molecule has 0 atom stereocenters. The fraction of sp³-hybridized carbons (Fsp3) is 0.286. The second-order valence-electron chi connectivity index (χ2n) is 7.73. The number of rotatable bonds is 11. The Bertz CT molecular complexity index is 841. The Balaban J connectivity index is 0.00000341. The molecule has 0 bridgehead atoms. The van der Waals surface area contributed by atoms with Gasteiger partial charge in [-0.05, 0) is 36.6 Å². The first-order chi connectivity index (χ1) is 14.7. The Morgan fingerprint density at radius 3 is 1.84 bits per heavy atom. The number of likely N-dealkylation sites (N-methyl/N-ethyl adjacent to an activating group) is 1. The topological polar surface area (TPSA) is 12.5 Å². The average Bonchev–Trinajstić information content (AvgIpc) is 2.81. The first-order valence-corrected chi connectivity index (χ1v) is 10.9. The molecular formula is C28H34ClNO. The van der Waals surface area contributed by atoms with Crippen molar-refractivity contribution < 1.29 is 4.74 Å². The van der Waals surface area contributed by atoms with Gasteiger partial charge < -0.3 is 9.64 Å². The van der Waals surface area contributed by atoms with Crippen molar-refractivity contribution in [2.45, 2.75) is 25.4 Å². The van der Waals surface area contributed by atoms with Gasteiger partial charge in [0.15, 0.2) is 0 Å². The molecule has 31 heavy (non-hydrogen) atoms. The summed E-state index contributed by atoms with van der Waals surface area (Å²) >= 11 is 0. The highest BCUT2D eigenvalue weighted by Crippen LogP contribution is 2.37. The maximum atomic E-state index is 6.63. The van der Waals surface area contributed by atoms with E-state index in [4.69, 9.17) is 4.74 Å². The SMILES string of the molecule is CCCOC(CCN(C)CC=Cc1ccccc1)(c1ccccc1)c1ccccc1.Cl. The van der Waals surface area contributed by atoms with Gasteiger partial charge >= 0.3 is 0 Å². The van der Waals surface area contributed by atoms with E-state index in [0.29, 0.717) is 0 Å². The maximum Gasteiger partial charge on any atom is 0.119 e. The molecule has 0 spiro atoms. The molecular weight excluding hydrogens is 402 g/mol. The van der Waals surface area contributed by atoms with Crippen LogP contribution in [0.5, 0.6) is 0 Å². The van der Waals surface area contributed by atoms with Crippen molar-refractivity contribution in [1.82, 2.24) is 4.90 Å². The highest BCUT2D eigenvalue weighted by molar-refractivity contribution is 5.85. The van der Waals surface area contributed by atoms with Crippen LogP contribution in [0.1, 0.15) is 36.5 Å². The van der Waals surface area contributed by atoms with Crippen LogP contribution >= 0.6 is 12.4 Å². The summed E-state index contributed by atoms with van der Waals surface area (Å²) in [6.07, 6.45) is 6.31. The van der Waals surface area contributed by atoms with Gasteiger partial charge in [0.05, 0.1) is 0 Å². The van der Waals surface area contributed by atoms with Gasteiger partial charge in [0.1, 0.15) is 5.60 Å². The molecule has 0 saturated heterocycles. The molecule has 3 aromatic rings. The molecule has 3 heteroatoms. The van der Waals surface area contributed by atoms with Crippen LogP contribution in [-0.4, -0.2) is 31.6 Å². The monoisotopic (exact) mass is 435 g/mol. The summed E-state index contributed by atoms with van der Waals surface area (Å²) in [5, 5.41) is 0. The average molecular weight is 436 g/mol. The van der Waals surface area contributed by atoms with Crippen LogP contribution in [0.2, 0.25) is 0 Å². The van der Waals surface area contributed by atoms with E-state index in [1.165, 1.54) is 16.7 Å². The normalized spacial score (nSPS) is 11.6. The molecule has 0 unspecified atom stereocenters. The van der Waals surface area contributed by atoms with Gasteiger partial charge in [-0.1, -0.05) is 110 Å². The van der Waals surface area contributed by atoms with E-state index in [1.807, 2.05) is 6.07 Å². The first kappa shape index (κ1) is 24.9. The smallest absolute Gasteiger partial charge is 0.119 e. The van der Waals surface area contributed by atoms with Gasteiger partial charge in [-0.2, -0.15) is 0 Å². The molecule has 0 fully saturated rings. The van der Waals surface area contributed by atoms with Crippen LogP contribution in [0.15, 0.2) is 97.1 Å². The van der Waals surface area contributed by atoms with Crippen LogP contribution in [0, 0.1) is 0 Å². The third kappa shape index (κ3) is 7.07. The summed E-state index contributed by atoms with van der Waals surface area (Å²) in [5.41, 5.74) is 3.24. The summed E-state index contributed by atoms with van der Waals surface area (Å²) in [4.78, 5) is 2.36. The van der Waals surface area contributed by atoms with Crippen LogP contribution in [0.25, 0.3) is 6.08 Å². The van der Waals surface area contributed by atoms with Gasteiger partial charge in [0.2, 0.25) is 0 Å². The number of nitrogens with zero attached hydrogens (tertiary/aromatic N) is 1. The van der Waals surface area contributed by atoms with E-state index < -0.39 is 5.60 Å². The minimum absolute atomic E-state index is 0. The maximum absolute atomic E-state index is 6.63. The van der Waals surface area contributed by atoms with E-state index in [2.05, 4.69) is 116 Å². The molecule has 0 radical (unpaired) electrons. The van der Waals surface area contributed by atoms with E-state index in [9.17, 15) is 0 Å². The van der Waals surface area contributed by atoms with Gasteiger partial charge in [-0.15, -0.1) is 12.4 Å². The Morgan fingerprint density at radius 2 is 1.32 bits per heavy atom. The molecule has 3 rings (SSSR count). The zero-order chi connectivity index (χ0) is 21.1. The zero-order valence-corrected chi connectivity index (χ0v) is 19.4. The molecule has 3 aromatic carbocycles. The van der Waals surface area contributed by atoms with Gasteiger partial charge in [0.25, 0.3) is 0 Å². The summed E-state index contributed by atoms with van der Waals surface area (Å²) in [6, 6.07) is 31.8. The molecule has 2 nitrogen and oxygen atoms in total. The van der Waals surface area contributed by atoms with Crippen molar-refractivity contribution in [3.63, 3.8) is 0 Å². The quantitative estimate of drug-likeness (QED) is 0.328. The summed E-state index contributed by atoms with van der Waals surface area (Å²) < 4.78 is 6.63. The third-order valence-electron chi connectivity index (χ3n) is 5.41. The van der Waals surface area contributed by atoms with Crippen molar-refractivity contribution in [1.29, 1.82) is 0 Å². The lowest BCUT2D eigenvalue weighted by Crippen LogP contribution is -2.36. The molecule has 0 aliphatic carbocycles. The molecule has 0 N–H and O–H groups in total. The molecule has 0 saturated carbocycles. The molecule has 0 aromatic heterocycles. The number of hydrogen-bond acceptors (Lipinski definition) is 2. The van der Waals surface area contributed by atoms with Crippen molar-refractivity contribution in [3.05, 3.63) is 114 Å². The second-order valence-corrected chi connectivity index (χ2v) is 7.73. The Hall–Kier alpha value is -2.39. The van der Waals surface area contributed by atoms with E-state index >= 15 is 0 Å². The van der Waals surface area contributed by atoms with Crippen molar-refractivity contribution in [2.24, 2.45) is 0 Å². The van der Waals surface area contributed by atoms with E-state index in [-0.39, 0.29) is 12.4 Å². The lowest BCUT2D eigenvalue weighted by molar-refractivity contribution is -0.0288. The largest absolute Gasteiger partial charge is 0.366 e.